The molecule has 0 unspecified atom stereocenters. The van der Waals surface area contributed by atoms with Crippen LogP contribution in [0.1, 0.15) is 149 Å². The minimum atomic E-state index is -0.853. The zero-order valence-corrected chi connectivity index (χ0v) is 28.1. The first-order valence-corrected chi connectivity index (χ1v) is 17.7. The van der Waals surface area contributed by atoms with E-state index < -0.39 is 30.9 Å². The van der Waals surface area contributed by atoms with Crippen molar-refractivity contribution in [3.05, 3.63) is 12.2 Å². The van der Waals surface area contributed by atoms with Gasteiger partial charge >= 0.3 is 11.9 Å². The highest BCUT2D eigenvalue weighted by atomic mass is 16.6. The summed E-state index contributed by atoms with van der Waals surface area (Å²) in [4.78, 5) is 36.7. The average Bonchev–Trinajstić information content (AvgIpc) is 3.26. The summed E-state index contributed by atoms with van der Waals surface area (Å²) in [5.74, 6) is -0.429. The maximum Gasteiger partial charge on any atom is 0.306 e. The zero-order chi connectivity index (χ0) is 32.6. The van der Waals surface area contributed by atoms with Crippen LogP contribution in [0.25, 0.3) is 0 Å². The molecule has 0 amide bonds. The molecule has 8 heteroatoms. The van der Waals surface area contributed by atoms with Crippen LogP contribution in [0.3, 0.4) is 0 Å². The van der Waals surface area contributed by atoms with Gasteiger partial charge in [0.25, 0.3) is 0 Å². The first kappa shape index (κ1) is 40.3. The Morgan fingerprint density at radius 2 is 1.45 bits per heavy atom. The standard InChI is InChI=1S/C36H64O8/c1-4-5-13-19-29(38)23-24-32-31(33(39)25-34(32)40)20-15-11-12-17-22-36(42)44-30(26-37)27-43-35(41)21-16-10-8-6-7-9-14-18-28(2)3/h23-24,28-33,37-39H,4-22,25-27H2,1-3H3/b24-23+/t29-,30-,31+,32+,33-/m0/s1. The van der Waals surface area contributed by atoms with Crippen LogP contribution in [0.2, 0.25) is 0 Å². The number of hydrogen-bond acceptors (Lipinski definition) is 8. The lowest BCUT2D eigenvalue weighted by Crippen LogP contribution is -2.28. The number of ketones is 1. The molecule has 0 spiro atoms. The number of aliphatic hydroxyl groups excluding tert-OH is 3. The molecular weight excluding hydrogens is 560 g/mol. The molecular formula is C36H64O8. The molecule has 1 rings (SSSR count). The summed E-state index contributed by atoms with van der Waals surface area (Å²) in [6.07, 6.45) is 19.0. The Kier molecular flexibility index (Phi) is 23.3. The van der Waals surface area contributed by atoms with Crippen LogP contribution in [0.4, 0.5) is 0 Å². The summed E-state index contributed by atoms with van der Waals surface area (Å²) in [5.41, 5.74) is 0. The van der Waals surface area contributed by atoms with Gasteiger partial charge in [-0.3, -0.25) is 14.4 Å². The van der Waals surface area contributed by atoms with Crippen LogP contribution >= 0.6 is 0 Å². The summed E-state index contributed by atoms with van der Waals surface area (Å²) in [6, 6.07) is 0. The molecule has 0 bridgehead atoms. The molecule has 1 aliphatic rings. The Bertz CT molecular complexity index is 795. The molecule has 1 aliphatic carbocycles. The van der Waals surface area contributed by atoms with Crippen molar-refractivity contribution in [2.75, 3.05) is 13.2 Å². The highest BCUT2D eigenvalue weighted by Gasteiger charge is 2.39. The number of allylic oxidation sites excluding steroid dienone is 1. The van der Waals surface area contributed by atoms with E-state index in [9.17, 15) is 29.7 Å². The van der Waals surface area contributed by atoms with Gasteiger partial charge in [0, 0.05) is 25.2 Å². The molecule has 1 fully saturated rings. The molecule has 256 valence electrons. The number of carbonyl (C=O) groups is 3. The lowest BCUT2D eigenvalue weighted by molar-refractivity contribution is -0.161. The molecule has 0 aromatic heterocycles. The van der Waals surface area contributed by atoms with Crippen molar-refractivity contribution < 1.29 is 39.2 Å². The van der Waals surface area contributed by atoms with Crippen LogP contribution in [0.5, 0.6) is 0 Å². The highest BCUT2D eigenvalue weighted by molar-refractivity contribution is 5.86. The second kappa shape index (κ2) is 25.4. The van der Waals surface area contributed by atoms with Crippen molar-refractivity contribution >= 4 is 17.7 Å². The van der Waals surface area contributed by atoms with Crippen molar-refractivity contribution in [1.29, 1.82) is 0 Å². The Morgan fingerprint density at radius 1 is 0.864 bits per heavy atom. The van der Waals surface area contributed by atoms with Crippen molar-refractivity contribution in [2.45, 2.75) is 167 Å². The van der Waals surface area contributed by atoms with E-state index in [-0.39, 0.29) is 43.0 Å². The van der Waals surface area contributed by atoms with Gasteiger partial charge < -0.3 is 24.8 Å². The highest BCUT2D eigenvalue weighted by Crippen LogP contribution is 2.34. The molecule has 44 heavy (non-hydrogen) atoms. The minimum absolute atomic E-state index is 0.0321. The van der Waals surface area contributed by atoms with Gasteiger partial charge in [0.1, 0.15) is 12.4 Å². The second-order valence-corrected chi connectivity index (χ2v) is 13.2. The van der Waals surface area contributed by atoms with E-state index in [1.807, 2.05) is 0 Å². The predicted molar refractivity (Wildman–Crippen MR) is 174 cm³/mol. The fourth-order valence-corrected chi connectivity index (χ4v) is 5.88. The number of unbranched alkanes of at least 4 members (excludes halogenated alkanes) is 11. The summed E-state index contributed by atoms with van der Waals surface area (Å²) in [7, 11) is 0. The second-order valence-electron chi connectivity index (χ2n) is 13.2. The number of esters is 2. The van der Waals surface area contributed by atoms with E-state index >= 15 is 0 Å². The number of hydrogen-bond donors (Lipinski definition) is 3. The maximum absolute atomic E-state index is 12.4. The molecule has 0 aromatic carbocycles. The lowest BCUT2D eigenvalue weighted by atomic mass is 9.88. The molecule has 1 saturated carbocycles. The summed E-state index contributed by atoms with van der Waals surface area (Å²) in [5, 5.41) is 30.1. The number of ether oxygens (including phenoxy) is 2. The number of Topliss-reactive ketones (excluding diaryl/α,β-unsaturated/α-hetero) is 1. The van der Waals surface area contributed by atoms with Crippen LogP contribution in [0, 0.1) is 17.8 Å². The van der Waals surface area contributed by atoms with Crippen molar-refractivity contribution in [3.8, 4) is 0 Å². The van der Waals surface area contributed by atoms with E-state index in [0.717, 1.165) is 63.7 Å². The first-order valence-electron chi connectivity index (χ1n) is 17.7. The lowest BCUT2D eigenvalue weighted by Gasteiger charge is -2.19. The van der Waals surface area contributed by atoms with Crippen LogP contribution < -0.4 is 0 Å². The smallest absolute Gasteiger partial charge is 0.306 e. The third-order valence-electron chi connectivity index (χ3n) is 8.64. The molecule has 3 N–H and O–H groups in total. The third kappa shape index (κ3) is 19.6. The van der Waals surface area contributed by atoms with Gasteiger partial charge in [-0.05, 0) is 37.5 Å². The number of aliphatic hydroxyl groups is 3. The fourth-order valence-electron chi connectivity index (χ4n) is 5.88. The van der Waals surface area contributed by atoms with Crippen LogP contribution in [-0.4, -0.2) is 64.6 Å². The van der Waals surface area contributed by atoms with E-state index in [0.29, 0.717) is 25.7 Å². The van der Waals surface area contributed by atoms with Crippen LogP contribution in [-0.2, 0) is 23.9 Å². The van der Waals surface area contributed by atoms with Gasteiger partial charge in [-0.1, -0.05) is 116 Å². The Morgan fingerprint density at radius 3 is 2.09 bits per heavy atom. The maximum atomic E-state index is 12.4. The number of rotatable bonds is 27. The van der Waals surface area contributed by atoms with Gasteiger partial charge in [0.05, 0.1) is 18.8 Å². The minimum Gasteiger partial charge on any atom is -0.462 e. The van der Waals surface area contributed by atoms with Crippen LogP contribution in [0.15, 0.2) is 12.2 Å². The summed E-state index contributed by atoms with van der Waals surface area (Å²) in [6.45, 7) is 6.09. The Hall–Kier alpha value is -1.77. The summed E-state index contributed by atoms with van der Waals surface area (Å²) < 4.78 is 10.5. The molecule has 0 aromatic rings. The summed E-state index contributed by atoms with van der Waals surface area (Å²) >= 11 is 0. The molecule has 0 saturated heterocycles. The molecule has 0 radical (unpaired) electrons. The molecule has 5 atom stereocenters. The third-order valence-corrected chi connectivity index (χ3v) is 8.64. The fraction of sp³-hybridized carbons (Fsp3) is 0.861. The zero-order valence-electron chi connectivity index (χ0n) is 28.1. The number of carbonyl (C=O) groups excluding carboxylic acids is 3. The monoisotopic (exact) mass is 624 g/mol. The van der Waals surface area contributed by atoms with Crippen molar-refractivity contribution in [2.24, 2.45) is 17.8 Å². The van der Waals surface area contributed by atoms with Crippen molar-refractivity contribution in [3.63, 3.8) is 0 Å². The van der Waals surface area contributed by atoms with E-state index in [4.69, 9.17) is 9.47 Å². The normalized spacial score (nSPS) is 20.0. The van der Waals surface area contributed by atoms with Gasteiger partial charge in [-0.2, -0.15) is 0 Å². The predicted octanol–water partition coefficient (Wildman–Crippen LogP) is 7.00. The molecule has 8 nitrogen and oxygen atoms in total. The Balaban J connectivity index is 2.16. The largest absolute Gasteiger partial charge is 0.462 e. The molecule has 0 heterocycles. The first-order chi connectivity index (χ1) is 21.2. The van der Waals surface area contributed by atoms with E-state index in [1.54, 1.807) is 12.2 Å². The van der Waals surface area contributed by atoms with Gasteiger partial charge in [0.15, 0.2) is 6.10 Å². The van der Waals surface area contributed by atoms with Gasteiger partial charge in [0.2, 0.25) is 0 Å². The average molecular weight is 625 g/mol. The van der Waals surface area contributed by atoms with Crippen molar-refractivity contribution in [1.82, 2.24) is 0 Å². The SMILES string of the molecule is CCCCC[C@H](O)/C=C/[C@H]1C(=O)C[C@H](O)[C@@H]1CCCCCCC(=O)O[C@@H](CO)COC(=O)CCCCCCCCCC(C)C. The quantitative estimate of drug-likeness (QED) is 0.0506. The van der Waals surface area contributed by atoms with Gasteiger partial charge in [-0.15, -0.1) is 0 Å². The topological polar surface area (TPSA) is 130 Å². The van der Waals surface area contributed by atoms with E-state index in [2.05, 4.69) is 20.8 Å². The van der Waals surface area contributed by atoms with E-state index in [1.165, 1.54) is 32.1 Å². The Labute approximate surface area is 267 Å². The van der Waals surface area contributed by atoms with Gasteiger partial charge in [-0.25, -0.2) is 0 Å². The molecule has 0 aliphatic heterocycles.